The van der Waals surface area contributed by atoms with E-state index in [9.17, 15) is 24.5 Å². The average Bonchev–Trinajstić information content (AvgIpc) is 2.43. The third-order valence-corrected chi connectivity index (χ3v) is 2.60. The van der Waals surface area contributed by atoms with Gasteiger partial charge in [0.1, 0.15) is 0 Å². The fourth-order valence-corrected chi connectivity index (χ4v) is 1.55. The zero-order valence-electron chi connectivity index (χ0n) is 12.0. The van der Waals surface area contributed by atoms with Crippen LogP contribution < -0.4 is 0 Å². The van der Waals surface area contributed by atoms with Crippen molar-refractivity contribution in [2.75, 3.05) is 14.2 Å². The van der Waals surface area contributed by atoms with Gasteiger partial charge in [-0.3, -0.25) is 24.5 Å². The van der Waals surface area contributed by atoms with E-state index < -0.39 is 40.6 Å². The van der Waals surface area contributed by atoms with Crippen LogP contribution in [-0.4, -0.2) is 43.2 Å². The van der Waals surface area contributed by atoms with Gasteiger partial charge in [0, 0.05) is 6.92 Å². The van der Waals surface area contributed by atoms with Crippen molar-refractivity contribution in [1.82, 2.24) is 0 Å². The summed E-state index contributed by atoms with van der Waals surface area (Å²) in [4.78, 5) is 43.7. The summed E-state index contributed by atoms with van der Waals surface area (Å²) in [5, 5.41) is 10.7. The molecule has 0 saturated heterocycles. The van der Waals surface area contributed by atoms with Crippen LogP contribution in [0.25, 0.3) is 0 Å². The van der Waals surface area contributed by atoms with E-state index in [0.29, 0.717) is 0 Å². The molecule has 0 aliphatic heterocycles. The minimum Gasteiger partial charge on any atom is -0.468 e. The molecule has 0 rings (SSSR count). The molecule has 1 unspecified atom stereocenters. The average molecular weight is 303 g/mol. The zero-order chi connectivity index (χ0) is 16.6. The maximum Gasteiger partial charge on any atom is 0.320 e. The smallest absolute Gasteiger partial charge is 0.320 e. The van der Waals surface area contributed by atoms with Crippen molar-refractivity contribution in [3.8, 4) is 0 Å². The minimum atomic E-state index is -1.25. The van der Waals surface area contributed by atoms with Gasteiger partial charge in [0.25, 0.3) is 5.70 Å². The number of ether oxygens (including phenoxy) is 3. The van der Waals surface area contributed by atoms with Gasteiger partial charge in [0.15, 0.2) is 12.0 Å². The summed E-state index contributed by atoms with van der Waals surface area (Å²) in [6.07, 6.45) is -1.53. The molecule has 9 heteroatoms. The molecule has 21 heavy (non-hydrogen) atoms. The molecule has 1 atom stereocenters. The van der Waals surface area contributed by atoms with Crippen molar-refractivity contribution in [3.63, 3.8) is 0 Å². The molecule has 9 nitrogen and oxygen atoms in total. The minimum absolute atomic E-state index is 0.145. The number of hydrogen-bond acceptors (Lipinski definition) is 8. The van der Waals surface area contributed by atoms with Crippen molar-refractivity contribution in [3.05, 3.63) is 22.4 Å². The molecule has 0 spiro atoms. The normalized spacial score (nSPS) is 11.4. The standard InChI is InChI=1S/C12H17NO8/c1-7(13(17)18)10(21-8(2)14)6-5-9(11(15)19-3)12(16)20-4/h9-10H,1,5-6H2,2-4H3. The number of nitrogens with zero attached hydrogens (tertiary/aromatic N) is 1. The second-order valence-electron chi connectivity index (χ2n) is 4.02. The molecule has 0 aromatic rings. The van der Waals surface area contributed by atoms with Crippen molar-refractivity contribution in [2.24, 2.45) is 5.92 Å². The van der Waals surface area contributed by atoms with Crippen LogP contribution in [-0.2, 0) is 28.6 Å². The number of nitro groups is 1. The largest absolute Gasteiger partial charge is 0.468 e. The first-order valence-electron chi connectivity index (χ1n) is 5.90. The molecule has 0 aromatic heterocycles. The van der Waals surface area contributed by atoms with E-state index in [1.54, 1.807) is 0 Å². The van der Waals surface area contributed by atoms with Gasteiger partial charge in [-0.1, -0.05) is 0 Å². The first kappa shape index (κ1) is 18.6. The first-order valence-corrected chi connectivity index (χ1v) is 5.90. The van der Waals surface area contributed by atoms with Gasteiger partial charge in [-0.2, -0.15) is 0 Å². The molecular formula is C12H17NO8. The molecule has 118 valence electrons. The van der Waals surface area contributed by atoms with Crippen LogP contribution >= 0.6 is 0 Å². The Bertz CT molecular complexity index is 429. The van der Waals surface area contributed by atoms with E-state index in [2.05, 4.69) is 16.1 Å². The lowest BCUT2D eigenvalue weighted by Crippen LogP contribution is -2.30. The third kappa shape index (κ3) is 6.02. The topological polar surface area (TPSA) is 122 Å². The van der Waals surface area contributed by atoms with E-state index in [1.165, 1.54) is 0 Å². The summed E-state index contributed by atoms with van der Waals surface area (Å²) in [5.74, 6) is -3.67. The van der Waals surface area contributed by atoms with Crippen molar-refractivity contribution in [1.29, 1.82) is 0 Å². The van der Waals surface area contributed by atoms with Crippen molar-refractivity contribution >= 4 is 17.9 Å². The fourth-order valence-electron chi connectivity index (χ4n) is 1.55. The van der Waals surface area contributed by atoms with Crippen LogP contribution in [0.4, 0.5) is 0 Å². The Balaban J connectivity index is 4.94. The van der Waals surface area contributed by atoms with Crippen LogP contribution in [0.1, 0.15) is 19.8 Å². The lowest BCUT2D eigenvalue weighted by molar-refractivity contribution is -0.435. The monoisotopic (exact) mass is 303 g/mol. The number of hydrogen-bond donors (Lipinski definition) is 0. The summed E-state index contributed by atoms with van der Waals surface area (Å²) in [6.45, 7) is 4.29. The van der Waals surface area contributed by atoms with Gasteiger partial charge in [-0.05, 0) is 19.4 Å². The van der Waals surface area contributed by atoms with Gasteiger partial charge >= 0.3 is 17.9 Å². The molecule has 0 aliphatic carbocycles. The second kappa shape index (κ2) is 8.67. The fraction of sp³-hybridized carbons (Fsp3) is 0.583. The van der Waals surface area contributed by atoms with E-state index >= 15 is 0 Å². The van der Waals surface area contributed by atoms with Gasteiger partial charge in [-0.15, -0.1) is 0 Å². The maximum atomic E-state index is 11.5. The summed E-state index contributed by atoms with van der Waals surface area (Å²) in [6, 6.07) is 0. The number of carbonyl (C=O) groups is 3. The van der Waals surface area contributed by atoms with E-state index in [1.807, 2.05) is 0 Å². The third-order valence-electron chi connectivity index (χ3n) is 2.60. The summed E-state index contributed by atoms with van der Waals surface area (Å²) in [5.41, 5.74) is -0.543. The van der Waals surface area contributed by atoms with Gasteiger partial charge in [0.05, 0.1) is 19.1 Å². The lowest BCUT2D eigenvalue weighted by atomic mass is 10.00. The zero-order valence-corrected chi connectivity index (χ0v) is 12.0. The Morgan fingerprint density at radius 1 is 1.14 bits per heavy atom. The molecule has 0 fully saturated rings. The van der Waals surface area contributed by atoms with Gasteiger partial charge in [0.2, 0.25) is 0 Å². The van der Waals surface area contributed by atoms with Crippen molar-refractivity contribution in [2.45, 2.75) is 25.9 Å². The second-order valence-corrected chi connectivity index (χ2v) is 4.02. The Morgan fingerprint density at radius 3 is 1.95 bits per heavy atom. The SMILES string of the molecule is C=C(C(CCC(C(=O)OC)C(=O)OC)OC(C)=O)[N+](=O)[O-]. The molecule has 0 radical (unpaired) electrons. The Labute approximate surface area is 121 Å². The van der Waals surface area contributed by atoms with E-state index in [-0.39, 0.29) is 12.8 Å². The molecular weight excluding hydrogens is 286 g/mol. The number of methoxy groups -OCH3 is 2. The highest BCUT2D eigenvalue weighted by molar-refractivity contribution is 5.94. The number of carbonyl (C=O) groups excluding carboxylic acids is 3. The molecule has 0 bridgehead atoms. The van der Waals surface area contributed by atoms with Crippen LogP contribution in [0.3, 0.4) is 0 Å². The predicted octanol–water partition coefficient (Wildman–Crippen LogP) is 0.451. The maximum absolute atomic E-state index is 11.5. The highest BCUT2D eigenvalue weighted by atomic mass is 16.6. The van der Waals surface area contributed by atoms with Crippen LogP contribution in [0.15, 0.2) is 12.3 Å². The summed E-state index contributed by atoms with van der Waals surface area (Å²) < 4.78 is 13.7. The molecule has 0 amide bonds. The predicted molar refractivity (Wildman–Crippen MR) is 68.4 cm³/mol. The molecule has 0 saturated carbocycles. The highest BCUT2D eigenvalue weighted by Gasteiger charge is 2.33. The van der Waals surface area contributed by atoms with Gasteiger partial charge in [-0.25, -0.2) is 0 Å². The van der Waals surface area contributed by atoms with Gasteiger partial charge < -0.3 is 14.2 Å². The van der Waals surface area contributed by atoms with Crippen LogP contribution in [0.5, 0.6) is 0 Å². The Kier molecular flexibility index (Phi) is 7.66. The summed E-state index contributed by atoms with van der Waals surface area (Å²) in [7, 11) is 2.19. The molecule has 0 heterocycles. The first-order chi connectivity index (χ1) is 9.74. The summed E-state index contributed by atoms with van der Waals surface area (Å²) >= 11 is 0. The molecule has 0 aromatic carbocycles. The van der Waals surface area contributed by atoms with E-state index in [4.69, 9.17) is 4.74 Å². The number of esters is 3. The Hall–Kier alpha value is -2.45. The van der Waals surface area contributed by atoms with E-state index in [0.717, 1.165) is 21.1 Å². The quantitative estimate of drug-likeness (QED) is 0.208. The molecule has 0 N–H and O–H groups in total. The Morgan fingerprint density at radius 2 is 1.62 bits per heavy atom. The van der Waals surface area contributed by atoms with Crippen LogP contribution in [0, 0.1) is 16.0 Å². The molecule has 0 aliphatic rings. The van der Waals surface area contributed by atoms with Crippen molar-refractivity contribution < 1.29 is 33.5 Å². The number of rotatable bonds is 8. The van der Waals surface area contributed by atoms with Crippen LogP contribution in [0.2, 0.25) is 0 Å². The lowest BCUT2D eigenvalue weighted by Gasteiger charge is -2.16. The highest BCUT2D eigenvalue weighted by Crippen LogP contribution is 2.18.